The molecule has 0 N–H and O–H groups in total. The van der Waals surface area contributed by atoms with Crippen LogP contribution in [0, 0.1) is 5.92 Å². The summed E-state index contributed by atoms with van der Waals surface area (Å²) in [5.41, 5.74) is 0. The standard InChI is InChI=1S/C11H19O2/c1-2-4-6-10(5-3-1)11-9-12-7-8-13-11/h11H,1-9H2. The van der Waals surface area contributed by atoms with Crippen LogP contribution >= 0.6 is 0 Å². The predicted molar refractivity (Wildman–Crippen MR) is 51.5 cm³/mol. The SMILES string of the molecule is C1CCC[C](C2COCCO2)CC1. The molecule has 0 amide bonds. The Morgan fingerprint density at radius 2 is 1.69 bits per heavy atom. The van der Waals surface area contributed by atoms with E-state index in [2.05, 4.69) is 0 Å². The Morgan fingerprint density at radius 3 is 2.31 bits per heavy atom. The molecule has 2 fully saturated rings. The van der Waals surface area contributed by atoms with Gasteiger partial charge in [0.1, 0.15) is 0 Å². The number of rotatable bonds is 1. The molecule has 1 atom stereocenters. The van der Waals surface area contributed by atoms with E-state index in [-0.39, 0.29) is 0 Å². The molecule has 2 aliphatic rings. The fourth-order valence-electron chi connectivity index (χ4n) is 2.23. The molecule has 2 rings (SSSR count). The van der Waals surface area contributed by atoms with Crippen molar-refractivity contribution in [3.63, 3.8) is 0 Å². The monoisotopic (exact) mass is 183 g/mol. The van der Waals surface area contributed by atoms with Gasteiger partial charge in [-0.1, -0.05) is 25.7 Å². The summed E-state index contributed by atoms with van der Waals surface area (Å²) in [6, 6.07) is 0. The second kappa shape index (κ2) is 4.97. The van der Waals surface area contributed by atoms with Gasteiger partial charge in [0.15, 0.2) is 0 Å². The van der Waals surface area contributed by atoms with Gasteiger partial charge in [0.25, 0.3) is 0 Å². The fourth-order valence-corrected chi connectivity index (χ4v) is 2.23. The quantitative estimate of drug-likeness (QED) is 0.581. The zero-order valence-corrected chi connectivity index (χ0v) is 8.26. The highest BCUT2D eigenvalue weighted by molar-refractivity contribution is 4.99. The lowest BCUT2D eigenvalue weighted by Gasteiger charge is -2.29. The summed E-state index contributed by atoms with van der Waals surface area (Å²) in [4.78, 5) is 0. The highest BCUT2D eigenvalue weighted by atomic mass is 16.6. The summed E-state index contributed by atoms with van der Waals surface area (Å²) >= 11 is 0. The van der Waals surface area contributed by atoms with E-state index < -0.39 is 0 Å². The van der Waals surface area contributed by atoms with E-state index in [1.165, 1.54) is 38.5 Å². The average Bonchev–Trinajstić information content (AvgIpc) is 2.47. The Hall–Kier alpha value is -0.0800. The molecule has 13 heavy (non-hydrogen) atoms. The minimum atomic E-state index is 0.326. The van der Waals surface area contributed by atoms with Crippen LogP contribution in [0.25, 0.3) is 0 Å². The van der Waals surface area contributed by atoms with Gasteiger partial charge < -0.3 is 9.47 Å². The molecule has 0 aromatic rings. The Labute approximate surface area is 80.6 Å². The van der Waals surface area contributed by atoms with E-state index in [4.69, 9.17) is 9.47 Å². The molecule has 1 aliphatic carbocycles. The summed E-state index contributed by atoms with van der Waals surface area (Å²) < 4.78 is 11.1. The Balaban J connectivity index is 1.82. The van der Waals surface area contributed by atoms with Crippen molar-refractivity contribution in [2.24, 2.45) is 0 Å². The van der Waals surface area contributed by atoms with Gasteiger partial charge in [0.2, 0.25) is 0 Å². The van der Waals surface area contributed by atoms with Crippen molar-refractivity contribution in [3.8, 4) is 0 Å². The van der Waals surface area contributed by atoms with Gasteiger partial charge >= 0.3 is 0 Å². The minimum Gasteiger partial charge on any atom is -0.376 e. The first-order valence-corrected chi connectivity index (χ1v) is 5.51. The second-order valence-corrected chi connectivity index (χ2v) is 4.01. The van der Waals surface area contributed by atoms with Crippen LogP contribution in [0.4, 0.5) is 0 Å². The molecule has 75 valence electrons. The molecule has 1 saturated carbocycles. The van der Waals surface area contributed by atoms with Crippen molar-refractivity contribution < 1.29 is 9.47 Å². The summed E-state index contributed by atoms with van der Waals surface area (Å²) in [7, 11) is 0. The molecule has 0 spiro atoms. The van der Waals surface area contributed by atoms with Gasteiger partial charge in [-0.2, -0.15) is 0 Å². The van der Waals surface area contributed by atoms with Gasteiger partial charge in [-0.25, -0.2) is 0 Å². The van der Waals surface area contributed by atoms with Crippen molar-refractivity contribution in [2.75, 3.05) is 19.8 Å². The van der Waals surface area contributed by atoms with Gasteiger partial charge in [0.05, 0.1) is 25.9 Å². The van der Waals surface area contributed by atoms with E-state index >= 15 is 0 Å². The second-order valence-electron chi connectivity index (χ2n) is 4.01. The van der Waals surface area contributed by atoms with Crippen LogP contribution in [0.2, 0.25) is 0 Å². The van der Waals surface area contributed by atoms with Crippen molar-refractivity contribution in [3.05, 3.63) is 5.92 Å². The van der Waals surface area contributed by atoms with Crippen LogP contribution in [-0.2, 0) is 9.47 Å². The third kappa shape index (κ3) is 2.68. The molecule has 0 bridgehead atoms. The predicted octanol–water partition coefficient (Wildman–Crippen LogP) is 2.33. The highest BCUT2D eigenvalue weighted by Crippen LogP contribution is 2.29. The molecule has 2 heteroatoms. The maximum Gasteiger partial charge on any atom is 0.0871 e. The molecule has 0 aromatic carbocycles. The fraction of sp³-hybridized carbons (Fsp3) is 0.909. The van der Waals surface area contributed by atoms with Gasteiger partial charge in [0, 0.05) is 5.92 Å². The molecular formula is C11H19O2. The topological polar surface area (TPSA) is 18.5 Å². The van der Waals surface area contributed by atoms with Crippen LogP contribution in [0.15, 0.2) is 0 Å². The third-order valence-corrected chi connectivity index (χ3v) is 3.02. The molecule has 1 unspecified atom stereocenters. The van der Waals surface area contributed by atoms with Crippen LogP contribution in [0.3, 0.4) is 0 Å². The Bertz CT molecular complexity index is 133. The summed E-state index contributed by atoms with van der Waals surface area (Å²) in [6.07, 6.45) is 8.38. The van der Waals surface area contributed by atoms with Crippen molar-refractivity contribution in [1.29, 1.82) is 0 Å². The van der Waals surface area contributed by atoms with Crippen LogP contribution < -0.4 is 0 Å². The highest BCUT2D eigenvalue weighted by Gasteiger charge is 2.25. The summed E-state index contributed by atoms with van der Waals surface area (Å²) in [5, 5.41) is 0. The molecule has 0 aromatic heterocycles. The number of hydrogen-bond donors (Lipinski definition) is 0. The van der Waals surface area contributed by atoms with E-state index in [1.807, 2.05) is 0 Å². The lowest BCUT2D eigenvalue weighted by Crippen LogP contribution is -2.33. The van der Waals surface area contributed by atoms with E-state index in [0.29, 0.717) is 6.10 Å². The lowest BCUT2D eigenvalue weighted by atomic mass is 9.94. The third-order valence-electron chi connectivity index (χ3n) is 3.02. The van der Waals surface area contributed by atoms with E-state index in [9.17, 15) is 0 Å². The van der Waals surface area contributed by atoms with E-state index in [0.717, 1.165) is 19.8 Å². The van der Waals surface area contributed by atoms with E-state index in [1.54, 1.807) is 5.92 Å². The number of ether oxygens (including phenoxy) is 2. The van der Waals surface area contributed by atoms with Crippen LogP contribution in [0.5, 0.6) is 0 Å². The zero-order chi connectivity index (χ0) is 8.93. The number of hydrogen-bond acceptors (Lipinski definition) is 2. The molecule has 1 saturated heterocycles. The molecule has 2 nitrogen and oxygen atoms in total. The molecule has 1 heterocycles. The first-order valence-electron chi connectivity index (χ1n) is 5.51. The molecule has 1 radical (unpaired) electrons. The van der Waals surface area contributed by atoms with Crippen LogP contribution in [-0.4, -0.2) is 25.9 Å². The normalized spacial score (nSPS) is 32.8. The van der Waals surface area contributed by atoms with Gasteiger partial charge in [-0.05, 0) is 12.8 Å². The van der Waals surface area contributed by atoms with Crippen molar-refractivity contribution >= 4 is 0 Å². The van der Waals surface area contributed by atoms with Gasteiger partial charge in [-0.15, -0.1) is 0 Å². The summed E-state index contributed by atoms with van der Waals surface area (Å²) in [6.45, 7) is 2.37. The van der Waals surface area contributed by atoms with Crippen molar-refractivity contribution in [2.45, 2.75) is 44.6 Å². The van der Waals surface area contributed by atoms with Crippen molar-refractivity contribution in [1.82, 2.24) is 0 Å². The first kappa shape index (κ1) is 9.47. The average molecular weight is 183 g/mol. The minimum absolute atomic E-state index is 0.326. The van der Waals surface area contributed by atoms with Gasteiger partial charge in [-0.3, -0.25) is 0 Å². The lowest BCUT2D eigenvalue weighted by molar-refractivity contribution is -0.0837. The largest absolute Gasteiger partial charge is 0.376 e. The molecule has 1 aliphatic heterocycles. The first-order chi connectivity index (χ1) is 6.47. The Kier molecular flexibility index (Phi) is 3.62. The Morgan fingerprint density at radius 1 is 0.923 bits per heavy atom. The molecular weight excluding hydrogens is 164 g/mol. The smallest absolute Gasteiger partial charge is 0.0871 e. The zero-order valence-electron chi connectivity index (χ0n) is 8.26. The maximum absolute atomic E-state index is 5.71. The van der Waals surface area contributed by atoms with Crippen LogP contribution in [0.1, 0.15) is 38.5 Å². The maximum atomic E-state index is 5.71. The summed E-state index contributed by atoms with van der Waals surface area (Å²) in [5.74, 6) is 1.61.